The minimum Gasteiger partial charge on any atom is -0.495 e. The summed E-state index contributed by atoms with van der Waals surface area (Å²) in [6, 6.07) is 17.4. The second kappa shape index (κ2) is 9.40. The molecule has 0 radical (unpaired) electrons. The van der Waals surface area contributed by atoms with Crippen LogP contribution in [-0.4, -0.2) is 28.4 Å². The second-order valence-corrected chi connectivity index (χ2v) is 9.92. The van der Waals surface area contributed by atoms with Gasteiger partial charge >= 0.3 is 0 Å². The average molecular weight is 499 g/mol. The summed E-state index contributed by atoms with van der Waals surface area (Å²) in [5, 5.41) is 3.18. The van der Waals surface area contributed by atoms with E-state index in [0.717, 1.165) is 11.1 Å². The predicted octanol–water partition coefficient (Wildman–Crippen LogP) is 5.15. The van der Waals surface area contributed by atoms with Crippen LogP contribution in [0.2, 0.25) is 5.02 Å². The number of para-hydroxylation sites is 1. The molecule has 176 valence electrons. The van der Waals surface area contributed by atoms with Gasteiger partial charge in [0.05, 0.1) is 37.2 Å². The predicted molar refractivity (Wildman–Crippen MR) is 133 cm³/mol. The van der Waals surface area contributed by atoms with Crippen LogP contribution in [0.1, 0.15) is 21.5 Å². The average Bonchev–Trinajstić information content (AvgIpc) is 2.82. The lowest BCUT2D eigenvalue weighted by Crippen LogP contribution is -2.39. The van der Waals surface area contributed by atoms with Crippen molar-refractivity contribution in [1.82, 2.24) is 0 Å². The van der Waals surface area contributed by atoms with Crippen molar-refractivity contribution in [3.63, 3.8) is 0 Å². The van der Waals surface area contributed by atoms with E-state index >= 15 is 0 Å². The van der Waals surface area contributed by atoms with E-state index in [1.807, 2.05) is 31.2 Å². The Hall–Kier alpha value is -3.49. The second-order valence-electron chi connectivity index (χ2n) is 7.69. The van der Waals surface area contributed by atoms with Crippen LogP contribution in [-0.2, 0) is 16.6 Å². The van der Waals surface area contributed by atoms with Crippen molar-refractivity contribution in [3.05, 3.63) is 93.5 Å². The molecule has 0 aromatic heterocycles. The minimum absolute atomic E-state index is 0.0866. The van der Waals surface area contributed by atoms with Crippen LogP contribution >= 0.6 is 11.6 Å². The number of rotatable bonds is 6. The number of sulfonamides is 1. The van der Waals surface area contributed by atoms with Crippen LogP contribution in [0, 0.1) is 6.92 Å². The number of nitrogens with one attached hydrogen (secondary N) is 1. The smallest absolute Gasteiger partial charge is 0.270 e. The van der Waals surface area contributed by atoms with Crippen LogP contribution in [0.4, 0.5) is 11.4 Å². The van der Waals surface area contributed by atoms with Gasteiger partial charge in [0.2, 0.25) is 5.78 Å². The summed E-state index contributed by atoms with van der Waals surface area (Å²) < 4.78 is 39.1. The van der Waals surface area contributed by atoms with E-state index in [-0.39, 0.29) is 11.4 Å². The molecule has 0 aliphatic carbocycles. The standard InChI is InChI=1S/C25H23ClN2O5S/c1-16-7-6-8-17(11-16)15-28-21-10-5-4-9-18(21)25(29)24(34(28,30)31)14-27-20-12-19(26)22(32-2)13-23(20)33-3/h4-14,27H,15H2,1-3H3/b24-14+. The zero-order chi connectivity index (χ0) is 24.5. The number of ether oxygens (including phenoxy) is 2. The number of carbonyl (C=O) groups is 1. The SMILES string of the molecule is COc1cc(OC)c(N/C=C2\C(=O)c3ccccc3N(Cc3cccc(C)c3)S2(=O)=O)cc1Cl. The number of benzene rings is 3. The highest BCUT2D eigenvalue weighted by molar-refractivity contribution is 7.97. The Labute approximate surface area is 203 Å². The maximum Gasteiger partial charge on any atom is 0.270 e. The van der Waals surface area contributed by atoms with Gasteiger partial charge in [-0.2, -0.15) is 0 Å². The zero-order valence-electron chi connectivity index (χ0n) is 18.8. The highest BCUT2D eigenvalue weighted by atomic mass is 35.5. The largest absolute Gasteiger partial charge is 0.495 e. The molecule has 3 aromatic carbocycles. The Kier molecular flexibility index (Phi) is 6.54. The van der Waals surface area contributed by atoms with Gasteiger partial charge in [-0.1, -0.05) is 53.6 Å². The van der Waals surface area contributed by atoms with Gasteiger partial charge in [-0.05, 0) is 30.7 Å². The van der Waals surface area contributed by atoms with Crippen molar-refractivity contribution in [2.45, 2.75) is 13.5 Å². The number of carbonyl (C=O) groups excluding carboxylic acids is 1. The Morgan fingerprint density at radius 3 is 2.44 bits per heavy atom. The van der Waals surface area contributed by atoms with Gasteiger partial charge in [-0.25, -0.2) is 8.42 Å². The maximum atomic E-state index is 13.6. The number of methoxy groups -OCH3 is 2. The normalized spacial score (nSPS) is 15.7. The molecule has 0 saturated heterocycles. The fourth-order valence-corrected chi connectivity index (χ4v) is 5.55. The number of halogens is 1. The summed E-state index contributed by atoms with van der Waals surface area (Å²) in [7, 11) is -1.23. The van der Waals surface area contributed by atoms with Crippen LogP contribution in [0.15, 0.2) is 71.8 Å². The third kappa shape index (κ3) is 4.34. The van der Waals surface area contributed by atoms with Crippen molar-refractivity contribution in [1.29, 1.82) is 0 Å². The van der Waals surface area contributed by atoms with E-state index in [1.54, 1.807) is 30.3 Å². The zero-order valence-corrected chi connectivity index (χ0v) is 20.4. The third-order valence-corrected chi connectivity index (χ3v) is 7.51. The molecule has 9 heteroatoms. The molecule has 0 fully saturated rings. The monoisotopic (exact) mass is 498 g/mol. The lowest BCUT2D eigenvalue weighted by Gasteiger charge is -2.31. The lowest BCUT2D eigenvalue weighted by molar-refractivity contribution is 0.104. The molecule has 0 saturated carbocycles. The summed E-state index contributed by atoms with van der Waals surface area (Å²) in [6.07, 6.45) is 1.18. The molecule has 0 amide bonds. The first-order chi connectivity index (χ1) is 16.3. The van der Waals surface area contributed by atoms with Gasteiger partial charge in [0, 0.05) is 17.8 Å². The van der Waals surface area contributed by atoms with E-state index in [1.165, 1.54) is 30.8 Å². The van der Waals surface area contributed by atoms with Gasteiger partial charge < -0.3 is 14.8 Å². The minimum atomic E-state index is -4.17. The first-order valence-electron chi connectivity index (χ1n) is 10.4. The number of aryl methyl sites for hydroxylation is 1. The van der Waals surface area contributed by atoms with E-state index in [0.29, 0.717) is 33.5 Å². The summed E-state index contributed by atoms with van der Waals surface area (Å²) in [5.74, 6) is 0.175. The van der Waals surface area contributed by atoms with Gasteiger partial charge in [-0.3, -0.25) is 9.10 Å². The molecule has 3 aromatic rings. The van der Waals surface area contributed by atoms with Gasteiger partial charge in [0.15, 0.2) is 4.91 Å². The number of fused-ring (bicyclic) bond motifs is 1. The summed E-state index contributed by atoms with van der Waals surface area (Å²) in [4.78, 5) is 12.9. The molecule has 4 rings (SSSR count). The molecule has 0 unspecified atom stereocenters. The highest BCUT2D eigenvalue weighted by Crippen LogP contribution is 2.38. The van der Waals surface area contributed by atoms with Crippen LogP contribution in [0.5, 0.6) is 11.5 Å². The topological polar surface area (TPSA) is 84.9 Å². The summed E-state index contributed by atoms with van der Waals surface area (Å²) >= 11 is 6.22. The third-order valence-electron chi connectivity index (χ3n) is 5.45. The highest BCUT2D eigenvalue weighted by Gasteiger charge is 2.40. The molecule has 34 heavy (non-hydrogen) atoms. The van der Waals surface area contributed by atoms with Crippen molar-refractivity contribution < 1.29 is 22.7 Å². The molecule has 0 spiro atoms. The first kappa shape index (κ1) is 23.7. The van der Waals surface area contributed by atoms with E-state index in [9.17, 15) is 13.2 Å². The van der Waals surface area contributed by atoms with Crippen LogP contribution in [0.25, 0.3) is 0 Å². The fourth-order valence-electron chi connectivity index (χ4n) is 3.78. The molecule has 0 atom stereocenters. The van der Waals surface area contributed by atoms with Gasteiger partial charge in [0.1, 0.15) is 11.5 Å². The molecule has 1 heterocycles. The number of Topliss-reactive ketones (excluding diaryl/α,β-unsaturated/α-hetero) is 1. The van der Waals surface area contributed by atoms with E-state index in [2.05, 4.69) is 5.32 Å². The Balaban J connectivity index is 1.79. The van der Waals surface area contributed by atoms with E-state index < -0.39 is 15.8 Å². The van der Waals surface area contributed by atoms with Crippen molar-refractivity contribution in [3.8, 4) is 11.5 Å². The van der Waals surface area contributed by atoms with Crippen molar-refractivity contribution >= 4 is 38.8 Å². The van der Waals surface area contributed by atoms with Crippen molar-refractivity contribution in [2.75, 3.05) is 23.8 Å². The Morgan fingerprint density at radius 2 is 1.74 bits per heavy atom. The summed E-state index contributed by atoms with van der Waals surface area (Å²) in [5.41, 5.74) is 2.85. The first-order valence-corrected chi connectivity index (χ1v) is 12.2. The quantitative estimate of drug-likeness (QED) is 0.473. The molecule has 0 bridgehead atoms. The molecule has 1 N–H and O–H groups in total. The van der Waals surface area contributed by atoms with Gasteiger partial charge in [0.25, 0.3) is 10.0 Å². The number of nitrogens with zero attached hydrogens (tertiary/aromatic N) is 1. The van der Waals surface area contributed by atoms with Crippen LogP contribution in [0.3, 0.4) is 0 Å². The molecular weight excluding hydrogens is 476 g/mol. The molecular formula is C25H23ClN2O5S. The summed E-state index contributed by atoms with van der Waals surface area (Å²) in [6.45, 7) is 2.03. The lowest BCUT2D eigenvalue weighted by atomic mass is 10.1. The number of hydrogen-bond donors (Lipinski definition) is 1. The maximum absolute atomic E-state index is 13.6. The molecule has 1 aliphatic rings. The van der Waals surface area contributed by atoms with Crippen molar-refractivity contribution in [2.24, 2.45) is 0 Å². The van der Waals surface area contributed by atoms with Gasteiger partial charge in [-0.15, -0.1) is 0 Å². The number of anilines is 2. The number of hydrogen-bond acceptors (Lipinski definition) is 6. The van der Waals surface area contributed by atoms with Crippen LogP contribution < -0.4 is 19.1 Å². The molecule has 1 aliphatic heterocycles. The van der Waals surface area contributed by atoms with E-state index in [4.69, 9.17) is 21.1 Å². The fraction of sp³-hybridized carbons (Fsp3) is 0.160. The number of allylic oxidation sites excluding steroid dienone is 1. The number of ketones is 1. The Bertz CT molecular complexity index is 1400. The molecule has 7 nitrogen and oxygen atoms in total. The Morgan fingerprint density at radius 1 is 1.00 bits per heavy atom.